The van der Waals surface area contributed by atoms with Gasteiger partial charge in [0, 0.05) is 5.25 Å². The molecule has 0 aromatic heterocycles. The zero-order valence-electron chi connectivity index (χ0n) is 8.66. The Balaban J connectivity index is 2.34. The van der Waals surface area contributed by atoms with Gasteiger partial charge in [0.2, 0.25) is 0 Å². The lowest BCUT2D eigenvalue weighted by Crippen LogP contribution is -2.31. The van der Waals surface area contributed by atoms with Crippen LogP contribution in [0.3, 0.4) is 0 Å². The van der Waals surface area contributed by atoms with Gasteiger partial charge >= 0.3 is 0 Å². The lowest BCUT2D eigenvalue weighted by Gasteiger charge is -2.27. The van der Waals surface area contributed by atoms with Crippen LogP contribution in [0.5, 0.6) is 0 Å². The second-order valence-corrected chi connectivity index (χ2v) is 5.50. The summed E-state index contributed by atoms with van der Waals surface area (Å²) in [4.78, 5) is 0. The first-order chi connectivity index (χ1) is 6.63. The molecule has 2 rings (SSSR count). The Morgan fingerprint density at radius 3 is 2.50 bits per heavy atom. The fourth-order valence-corrected chi connectivity index (χ4v) is 3.27. The fraction of sp³-hybridized carbons (Fsp3) is 0.500. The number of aryl methyl sites for hydroxylation is 1. The minimum absolute atomic E-state index is 0.310. The maximum Gasteiger partial charge on any atom is 0.102 e. The SMILES string of the molecule is Cc1ccc([C@]2(O)CCS[C@@H]2C)cc1. The fourth-order valence-electron chi connectivity index (χ4n) is 1.95. The molecule has 0 spiro atoms. The van der Waals surface area contributed by atoms with Crippen molar-refractivity contribution in [2.24, 2.45) is 0 Å². The van der Waals surface area contributed by atoms with Crippen LogP contribution in [0.15, 0.2) is 24.3 Å². The number of thioether (sulfide) groups is 1. The zero-order chi connectivity index (χ0) is 10.2. The highest BCUT2D eigenvalue weighted by atomic mass is 32.2. The topological polar surface area (TPSA) is 20.2 Å². The summed E-state index contributed by atoms with van der Waals surface area (Å²) in [5.41, 5.74) is 1.72. The molecule has 1 N–H and O–H groups in total. The van der Waals surface area contributed by atoms with Crippen LogP contribution in [-0.4, -0.2) is 16.1 Å². The highest BCUT2D eigenvalue weighted by Gasteiger charge is 2.40. The summed E-state index contributed by atoms with van der Waals surface area (Å²) in [6, 6.07) is 8.25. The average molecular weight is 208 g/mol. The van der Waals surface area contributed by atoms with Gasteiger partial charge < -0.3 is 5.11 Å². The molecule has 0 amide bonds. The van der Waals surface area contributed by atoms with E-state index in [0.29, 0.717) is 5.25 Å². The van der Waals surface area contributed by atoms with Crippen LogP contribution >= 0.6 is 11.8 Å². The minimum atomic E-state index is -0.599. The number of benzene rings is 1. The Morgan fingerprint density at radius 2 is 2.00 bits per heavy atom. The van der Waals surface area contributed by atoms with Gasteiger partial charge in [-0.15, -0.1) is 0 Å². The standard InChI is InChI=1S/C12H16OS/c1-9-3-5-11(6-4-9)12(13)7-8-14-10(12)2/h3-6,10,13H,7-8H2,1-2H3/t10-,12+/m1/s1. The highest BCUT2D eigenvalue weighted by molar-refractivity contribution is 8.00. The Hall–Kier alpha value is -0.470. The van der Waals surface area contributed by atoms with Crippen molar-refractivity contribution >= 4 is 11.8 Å². The third-order valence-corrected chi connectivity index (χ3v) is 4.40. The van der Waals surface area contributed by atoms with E-state index < -0.39 is 5.60 Å². The maximum atomic E-state index is 10.5. The summed E-state index contributed by atoms with van der Waals surface area (Å²) in [7, 11) is 0. The van der Waals surface area contributed by atoms with E-state index in [4.69, 9.17) is 0 Å². The van der Waals surface area contributed by atoms with Crippen molar-refractivity contribution in [1.82, 2.24) is 0 Å². The van der Waals surface area contributed by atoms with Gasteiger partial charge in [-0.25, -0.2) is 0 Å². The van der Waals surface area contributed by atoms with Crippen molar-refractivity contribution in [1.29, 1.82) is 0 Å². The zero-order valence-corrected chi connectivity index (χ0v) is 9.47. The second kappa shape index (κ2) is 3.59. The van der Waals surface area contributed by atoms with E-state index in [0.717, 1.165) is 17.7 Å². The number of rotatable bonds is 1. The Morgan fingerprint density at radius 1 is 1.36 bits per heavy atom. The first kappa shape index (κ1) is 10.1. The van der Waals surface area contributed by atoms with Crippen molar-refractivity contribution in [3.63, 3.8) is 0 Å². The number of hydrogen-bond acceptors (Lipinski definition) is 2. The Labute approximate surface area is 89.5 Å². The molecule has 1 fully saturated rings. The molecule has 0 radical (unpaired) electrons. The average Bonchev–Trinajstić information content (AvgIpc) is 2.49. The Kier molecular flexibility index (Phi) is 2.58. The van der Waals surface area contributed by atoms with Gasteiger partial charge in [0.05, 0.1) is 0 Å². The molecule has 2 heteroatoms. The summed E-state index contributed by atoms with van der Waals surface area (Å²) in [5, 5.41) is 10.8. The van der Waals surface area contributed by atoms with Gasteiger partial charge in [-0.05, 0) is 24.7 Å². The van der Waals surface area contributed by atoms with Crippen LogP contribution in [-0.2, 0) is 5.60 Å². The second-order valence-electron chi connectivity index (χ2n) is 4.05. The van der Waals surface area contributed by atoms with Gasteiger partial charge in [-0.3, -0.25) is 0 Å². The van der Waals surface area contributed by atoms with E-state index in [1.54, 1.807) is 0 Å². The molecule has 1 aromatic rings. The molecule has 0 saturated carbocycles. The van der Waals surface area contributed by atoms with E-state index >= 15 is 0 Å². The minimum Gasteiger partial charge on any atom is -0.384 e. The summed E-state index contributed by atoms with van der Waals surface area (Å²) in [6.07, 6.45) is 0.877. The van der Waals surface area contributed by atoms with Gasteiger partial charge in [0.25, 0.3) is 0 Å². The molecular formula is C12H16OS. The summed E-state index contributed by atoms with van der Waals surface area (Å²) in [6.45, 7) is 4.18. The van der Waals surface area contributed by atoms with Crippen molar-refractivity contribution < 1.29 is 5.11 Å². The van der Waals surface area contributed by atoms with Crippen LogP contribution in [0.4, 0.5) is 0 Å². The lowest BCUT2D eigenvalue weighted by atomic mass is 9.88. The molecule has 0 bridgehead atoms. The summed E-state index contributed by atoms with van der Waals surface area (Å²) in [5.74, 6) is 1.06. The molecule has 0 aliphatic carbocycles. The normalized spacial score (nSPS) is 32.1. The predicted molar refractivity (Wildman–Crippen MR) is 61.6 cm³/mol. The van der Waals surface area contributed by atoms with E-state index in [9.17, 15) is 5.11 Å². The molecule has 1 aliphatic rings. The smallest absolute Gasteiger partial charge is 0.102 e. The highest BCUT2D eigenvalue weighted by Crippen LogP contribution is 2.42. The lowest BCUT2D eigenvalue weighted by molar-refractivity contribution is 0.0427. The quantitative estimate of drug-likeness (QED) is 0.765. The monoisotopic (exact) mass is 208 g/mol. The third kappa shape index (κ3) is 1.57. The van der Waals surface area contributed by atoms with Crippen LogP contribution in [0, 0.1) is 6.92 Å². The van der Waals surface area contributed by atoms with Gasteiger partial charge in [0.1, 0.15) is 5.60 Å². The van der Waals surface area contributed by atoms with E-state index in [2.05, 4.69) is 38.1 Å². The first-order valence-electron chi connectivity index (χ1n) is 5.04. The van der Waals surface area contributed by atoms with Gasteiger partial charge in [-0.1, -0.05) is 36.8 Å². The summed E-state index contributed by atoms with van der Waals surface area (Å²) >= 11 is 1.85. The summed E-state index contributed by atoms with van der Waals surface area (Å²) < 4.78 is 0. The van der Waals surface area contributed by atoms with Crippen molar-refractivity contribution in [3.8, 4) is 0 Å². The molecule has 1 saturated heterocycles. The molecule has 1 aliphatic heterocycles. The molecule has 1 nitrogen and oxygen atoms in total. The number of hydrogen-bond donors (Lipinski definition) is 1. The first-order valence-corrected chi connectivity index (χ1v) is 6.09. The van der Waals surface area contributed by atoms with Crippen molar-refractivity contribution in [2.45, 2.75) is 31.1 Å². The molecular weight excluding hydrogens is 192 g/mol. The van der Waals surface area contributed by atoms with Crippen molar-refractivity contribution in [2.75, 3.05) is 5.75 Å². The molecule has 14 heavy (non-hydrogen) atoms. The molecule has 0 unspecified atom stereocenters. The van der Waals surface area contributed by atoms with Crippen LogP contribution < -0.4 is 0 Å². The van der Waals surface area contributed by atoms with Crippen molar-refractivity contribution in [3.05, 3.63) is 35.4 Å². The van der Waals surface area contributed by atoms with E-state index in [1.807, 2.05) is 11.8 Å². The van der Waals surface area contributed by atoms with Crippen LogP contribution in [0.1, 0.15) is 24.5 Å². The van der Waals surface area contributed by atoms with E-state index in [1.165, 1.54) is 5.56 Å². The maximum absolute atomic E-state index is 10.5. The molecule has 1 aromatic carbocycles. The largest absolute Gasteiger partial charge is 0.384 e. The van der Waals surface area contributed by atoms with E-state index in [-0.39, 0.29) is 0 Å². The number of aliphatic hydroxyl groups is 1. The van der Waals surface area contributed by atoms with Gasteiger partial charge in [-0.2, -0.15) is 11.8 Å². The Bertz CT molecular complexity index is 320. The third-order valence-electron chi connectivity index (χ3n) is 3.08. The molecule has 2 atom stereocenters. The van der Waals surface area contributed by atoms with Crippen LogP contribution in [0.25, 0.3) is 0 Å². The molecule has 1 heterocycles. The van der Waals surface area contributed by atoms with Crippen LogP contribution in [0.2, 0.25) is 0 Å². The molecule has 76 valence electrons. The predicted octanol–water partition coefficient (Wildman–Crippen LogP) is 2.71. The van der Waals surface area contributed by atoms with Gasteiger partial charge in [0.15, 0.2) is 0 Å².